The van der Waals surface area contributed by atoms with Crippen LogP contribution in [0.5, 0.6) is 5.75 Å². The molecule has 14 heteroatoms. The number of carbonyl (C=O) groups is 2. The molecule has 1 fully saturated rings. The first-order chi connectivity index (χ1) is 20.3. The zero-order valence-electron chi connectivity index (χ0n) is 23.9. The molecule has 0 spiro atoms. The zero-order chi connectivity index (χ0) is 32.6. The molecule has 0 radical (unpaired) electrons. The molecule has 2 aliphatic rings. The Hall–Kier alpha value is -3.45. The van der Waals surface area contributed by atoms with E-state index in [2.05, 4.69) is 4.74 Å². The van der Waals surface area contributed by atoms with Gasteiger partial charge in [0.2, 0.25) is 11.8 Å². The van der Waals surface area contributed by atoms with Crippen LogP contribution in [0.1, 0.15) is 85.7 Å². The first kappa shape index (κ1) is 33.4. The minimum atomic E-state index is -5.10. The molecule has 0 N–H and O–H groups in total. The number of fused-ring (bicyclic) bond motifs is 1. The number of benzene rings is 2. The van der Waals surface area contributed by atoms with E-state index >= 15 is 0 Å². The summed E-state index contributed by atoms with van der Waals surface area (Å²) >= 11 is 0. The van der Waals surface area contributed by atoms with Crippen LogP contribution in [0.2, 0.25) is 0 Å². The van der Waals surface area contributed by atoms with Gasteiger partial charge in [0.25, 0.3) is 0 Å². The Kier molecular flexibility index (Phi) is 9.51. The molecule has 1 aliphatic heterocycles. The fourth-order valence-corrected chi connectivity index (χ4v) is 6.06. The Morgan fingerprint density at radius 1 is 0.864 bits per heavy atom. The van der Waals surface area contributed by atoms with Crippen molar-refractivity contribution in [1.82, 2.24) is 4.90 Å². The van der Waals surface area contributed by atoms with Crippen molar-refractivity contribution in [3.8, 4) is 5.75 Å². The van der Waals surface area contributed by atoms with E-state index < -0.39 is 59.6 Å². The average Bonchev–Trinajstić information content (AvgIpc) is 3.33. The van der Waals surface area contributed by atoms with E-state index in [0.29, 0.717) is 12.1 Å². The summed E-state index contributed by atoms with van der Waals surface area (Å²) in [5.41, 5.74) is -3.21. The first-order valence-corrected chi connectivity index (χ1v) is 14.1. The fourth-order valence-electron chi connectivity index (χ4n) is 6.06. The molecule has 0 saturated heterocycles. The van der Waals surface area contributed by atoms with Crippen molar-refractivity contribution in [2.45, 2.75) is 90.1 Å². The van der Waals surface area contributed by atoms with E-state index in [4.69, 9.17) is 0 Å². The van der Waals surface area contributed by atoms with Crippen LogP contribution >= 0.6 is 0 Å². The van der Waals surface area contributed by atoms with Gasteiger partial charge >= 0.3 is 18.7 Å². The second-order valence-electron chi connectivity index (χ2n) is 11.3. The van der Waals surface area contributed by atoms with E-state index in [1.54, 1.807) is 0 Å². The highest BCUT2D eigenvalue weighted by Gasteiger charge is 2.39. The summed E-state index contributed by atoms with van der Waals surface area (Å²) in [6, 6.07) is 2.47. The largest absolute Gasteiger partial charge is 0.573 e. The van der Waals surface area contributed by atoms with Gasteiger partial charge in [0.05, 0.1) is 22.9 Å². The molecule has 2 aromatic rings. The minimum Gasteiger partial charge on any atom is -0.405 e. The first-order valence-electron chi connectivity index (χ1n) is 14.1. The summed E-state index contributed by atoms with van der Waals surface area (Å²) in [4.78, 5) is 28.9. The molecular formula is C30H31F9N2O3. The van der Waals surface area contributed by atoms with Crippen LogP contribution in [0.3, 0.4) is 0 Å². The van der Waals surface area contributed by atoms with Gasteiger partial charge in [-0.3, -0.25) is 9.59 Å². The summed E-state index contributed by atoms with van der Waals surface area (Å²) in [5.74, 6) is -1.48. The molecular weight excluding hydrogens is 607 g/mol. The van der Waals surface area contributed by atoms with Crippen LogP contribution in [0.25, 0.3) is 0 Å². The Morgan fingerprint density at radius 2 is 1.45 bits per heavy atom. The second-order valence-corrected chi connectivity index (χ2v) is 11.3. The Labute approximate surface area is 247 Å². The summed E-state index contributed by atoms with van der Waals surface area (Å²) < 4.78 is 125. The summed E-state index contributed by atoms with van der Waals surface area (Å²) in [6.07, 6.45) is -11.1. The van der Waals surface area contributed by atoms with Crippen LogP contribution < -0.4 is 9.64 Å². The third kappa shape index (κ3) is 7.98. The molecule has 2 aromatic carbocycles. The standard InChI is InChI=1S/C30H31F9N2O3/c1-17-10-23-24(41(18(2)42)16-20-11-21(28(31,32)33)14-22(12-20)29(34,35)36)8-5-9-40(27(43)13-19-6-3-4-7-19)25(23)15-26(17)44-30(37,38)39/h10-12,14-15,19,24H,3-9,13,16H2,1-2H3. The number of nitrogens with zero attached hydrogens (tertiary/aromatic N) is 2. The third-order valence-electron chi connectivity index (χ3n) is 8.08. The van der Waals surface area contributed by atoms with E-state index in [1.165, 1.54) is 17.9 Å². The number of hydrogen-bond donors (Lipinski definition) is 0. The number of amides is 2. The number of halogens is 9. The number of ether oxygens (including phenoxy) is 1. The average molecular weight is 639 g/mol. The van der Waals surface area contributed by atoms with Gasteiger partial charge in [-0.25, -0.2) is 0 Å². The van der Waals surface area contributed by atoms with Crippen molar-refractivity contribution in [3.05, 3.63) is 58.1 Å². The van der Waals surface area contributed by atoms with Crippen LogP contribution in [-0.4, -0.2) is 29.6 Å². The van der Waals surface area contributed by atoms with E-state index in [0.717, 1.165) is 43.6 Å². The van der Waals surface area contributed by atoms with Crippen molar-refractivity contribution in [1.29, 1.82) is 0 Å². The van der Waals surface area contributed by atoms with Crippen molar-refractivity contribution in [2.75, 3.05) is 11.4 Å². The maximum Gasteiger partial charge on any atom is 0.573 e. The van der Waals surface area contributed by atoms with Gasteiger partial charge in [-0.1, -0.05) is 12.8 Å². The molecule has 242 valence electrons. The van der Waals surface area contributed by atoms with Crippen molar-refractivity contribution in [2.24, 2.45) is 5.92 Å². The van der Waals surface area contributed by atoms with E-state index in [-0.39, 0.29) is 60.5 Å². The molecule has 4 rings (SSSR count). The maximum atomic E-state index is 13.5. The fraction of sp³-hybridized carbons (Fsp3) is 0.533. The molecule has 1 saturated carbocycles. The predicted molar refractivity (Wildman–Crippen MR) is 141 cm³/mol. The van der Waals surface area contributed by atoms with Crippen molar-refractivity contribution >= 4 is 17.5 Å². The number of aryl methyl sites for hydroxylation is 1. The predicted octanol–water partition coefficient (Wildman–Crippen LogP) is 8.73. The van der Waals surface area contributed by atoms with Gasteiger partial charge in [0, 0.05) is 32.5 Å². The topological polar surface area (TPSA) is 49.9 Å². The van der Waals surface area contributed by atoms with Gasteiger partial charge in [0.1, 0.15) is 5.75 Å². The van der Waals surface area contributed by atoms with Gasteiger partial charge < -0.3 is 14.5 Å². The van der Waals surface area contributed by atoms with Gasteiger partial charge in [0.15, 0.2) is 0 Å². The Balaban J connectivity index is 1.80. The summed E-state index contributed by atoms with van der Waals surface area (Å²) in [5, 5.41) is 0. The third-order valence-corrected chi connectivity index (χ3v) is 8.08. The maximum absolute atomic E-state index is 13.5. The van der Waals surface area contributed by atoms with Crippen LogP contribution in [-0.2, 0) is 28.5 Å². The SMILES string of the molecule is CC(=O)N(Cc1cc(C(F)(F)F)cc(C(F)(F)F)c1)C1CCCN(C(=O)CC2CCCC2)c2cc(OC(F)(F)F)c(C)cc21. The Morgan fingerprint density at radius 3 is 1.98 bits per heavy atom. The minimum absolute atomic E-state index is 0.0120. The molecule has 1 heterocycles. The summed E-state index contributed by atoms with van der Waals surface area (Å²) in [7, 11) is 0. The van der Waals surface area contributed by atoms with Gasteiger partial charge in [-0.15, -0.1) is 13.2 Å². The number of anilines is 1. The lowest BCUT2D eigenvalue weighted by atomic mass is 9.96. The van der Waals surface area contributed by atoms with E-state index in [1.807, 2.05) is 0 Å². The molecule has 1 atom stereocenters. The molecule has 1 aliphatic carbocycles. The monoisotopic (exact) mass is 638 g/mol. The van der Waals surface area contributed by atoms with E-state index in [9.17, 15) is 49.1 Å². The smallest absolute Gasteiger partial charge is 0.405 e. The molecule has 2 amide bonds. The second kappa shape index (κ2) is 12.5. The van der Waals surface area contributed by atoms with Gasteiger partial charge in [-0.2, -0.15) is 26.3 Å². The number of alkyl halides is 9. The number of carbonyl (C=O) groups excluding carboxylic acids is 2. The molecule has 44 heavy (non-hydrogen) atoms. The van der Waals surface area contributed by atoms with Crippen LogP contribution in [0.15, 0.2) is 30.3 Å². The normalized spacial score (nSPS) is 18.2. The number of rotatable bonds is 6. The zero-order valence-corrected chi connectivity index (χ0v) is 23.9. The lowest BCUT2D eigenvalue weighted by molar-refractivity contribution is -0.274. The molecule has 1 unspecified atom stereocenters. The van der Waals surface area contributed by atoms with Crippen molar-refractivity contribution < 1.29 is 53.8 Å². The van der Waals surface area contributed by atoms with Crippen LogP contribution in [0.4, 0.5) is 45.2 Å². The lowest BCUT2D eigenvalue weighted by Gasteiger charge is -2.33. The highest BCUT2D eigenvalue weighted by atomic mass is 19.4. The highest BCUT2D eigenvalue weighted by Crippen LogP contribution is 2.44. The molecule has 0 bridgehead atoms. The number of hydrogen-bond acceptors (Lipinski definition) is 3. The Bertz CT molecular complexity index is 1350. The highest BCUT2D eigenvalue weighted by molar-refractivity contribution is 5.95. The van der Waals surface area contributed by atoms with Gasteiger partial charge in [-0.05, 0) is 79.5 Å². The van der Waals surface area contributed by atoms with Crippen LogP contribution in [0, 0.1) is 12.8 Å². The molecule has 0 aromatic heterocycles. The van der Waals surface area contributed by atoms with Crippen molar-refractivity contribution in [3.63, 3.8) is 0 Å². The quantitative estimate of drug-likeness (QED) is 0.298. The lowest BCUT2D eigenvalue weighted by Crippen LogP contribution is -2.34. The summed E-state index contributed by atoms with van der Waals surface area (Å²) in [6.45, 7) is 1.85. The molecule has 5 nitrogen and oxygen atoms in total.